The van der Waals surface area contributed by atoms with Crippen LogP contribution in [0.3, 0.4) is 0 Å². The molecule has 4 heteroatoms. The zero-order valence-electron chi connectivity index (χ0n) is 10.9. The van der Waals surface area contributed by atoms with E-state index in [0.717, 1.165) is 12.0 Å². The van der Waals surface area contributed by atoms with Crippen LogP contribution in [0.25, 0.3) is 0 Å². The van der Waals surface area contributed by atoms with E-state index in [1.165, 1.54) is 6.07 Å². The maximum absolute atomic E-state index is 13.6. The molecular weight excluding hydrogens is 261 g/mol. The van der Waals surface area contributed by atoms with Crippen LogP contribution in [0.4, 0.5) is 4.39 Å². The minimum absolute atomic E-state index is 0.0821. The monoisotopic (exact) mass is 279 g/mol. The van der Waals surface area contributed by atoms with Crippen molar-refractivity contribution in [3.05, 3.63) is 58.0 Å². The van der Waals surface area contributed by atoms with Gasteiger partial charge in [0.1, 0.15) is 5.82 Å². The van der Waals surface area contributed by atoms with E-state index in [2.05, 4.69) is 0 Å². The van der Waals surface area contributed by atoms with Gasteiger partial charge >= 0.3 is 0 Å². The lowest BCUT2D eigenvalue weighted by Crippen LogP contribution is -2.29. The van der Waals surface area contributed by atoms with E-state index in [4.69, 9.17) is 10.5 Å². The van der Waals surface area contributed by atoms with Crippen LogP contribution in [0.1, 0.15) is 30.6 Å². The van der Waals surface area contributed by atoms with E-state index in [0.29, 0.717) is 5.56 Å². The molecule has 2 nitrogen and oxygen atoms in total. The highest BCUT2D eigenvalue weighted by molar-refractivity contribution is 7.07. The number of ether oxygens (including phenoxy) is 1. The molecule has 1 aromatic carbocycles. The molecule has 0 spiro atoms. The van der Waals surface area contributed by atoms with Crippen molar-refractivity contribution in [2.45, 2.75) is 32.1 Å². The second-order valence-electron chi connectivity index (χ2n) is 4.45. The van der Waals surface area contributed by atoms with E-state index in [1.54, 1.807) is 29.5 Å². The number of thiophene rings is 1. The van der Waals surface area contributed by atoms with Gasteiger partial charge in [0.15, 0.2) is 0 Å². The lowest BCUT2D eigenvalue weighted by molar-refractivity contribution is 0.0202. The van der Waals surface area contributed by atoms with Crippen molar-refractivity contribution >= 4 is 11.3 Å². The first-order valence-electron chi connectivity index (χ1n) is 6.35. The molecule has 0 bridgehead atoms. The molecule has 102 valence electrons. The Hall–Kier alpha value is -1.23. The first kappa shape index (κ1) is 14.2. The van der Waals surface area contributed by atoms with E-state index in [9.17, 15) is 4.39 Å². The second-order valence-corrected chi connectivity index (χ2v) is 5.23. The number of rotatable bonds is 6. The maximum Gasteiger partial charge on any atom is 0.128 e. The van der Waals surface area contributed by atoms with Crippen LogP contribution < -0.4 is 5.73 Å². The van der Waals surface area contributed by atoms with E-state index in [-0.39, 0.29) is 24.6 Å². The minimum atomic E-state index is -0.239. The lowest BCUT2D eigenvalue weighted by atomic mass is 10.0. The van der Waals surface area contributed by atoms with Gasteiger partial charge in [0.05, 0.1) is 12.7 Å². The molecule has 2 unspecified atom stereocenters. The third-order valence-electron chi connectivity index (χ3n) is 3.11. The van der Waals surface area contributed by atoms with Gasteiger partial charge in [-0.3, -0.25) is 0 Å². The van der Waals surface area contributed by atoms with Crippen molar-refractivity contribution < 1.29 is 9.13 Å². The zero-order chi connectivity index (χ0) is 13.7. The van der Waals surface area contributed by atoms with Crippen LogP contribution in [0.5, 0.6) is 0 Å². The van der Waals surface area contributed by atoms with Gasteiger partial charge in [-0.05, 0) is 34.9 Å². The van der Waals surface area contributed by atoms with Crippen LogP contribution in [0, 0.1) is 5.82 Å². The third-order valence-corrected chi connectivity index (χ3v) is 3.81. The first-order chi connectivity index (χ1) is 9.22. The lowest BCUT2D eigenvalue weighted by Gasteiger charge is -2.23. The molecular formula is C15H18FNOS. The van der Waals surface area contributed by atoms with Crippen molar-refractivity contribution in [2.24, 2.45) is 5.73 Å². The van der Waals surface area contributed by atoms with Crippen LogP contribution in [0.15, 0.2) is 41.1 Å². The van der Waals surface area contributed by atoms with Gasteiger partial charge in [-0.15, -0.1) is 0 Å². The summed E-state index contributed by atoms with van der Waals surface area (Å²) in [7, 11) is 0. The molecule has 0 fully saturated rings. The number of nitrogens with two attached hydrogens (primary N) is 1. The topological polar surface area (TPSA) is 35.2 Å². The van der Waals surface area contributed by atoms with Crippen LogP contribution in [-0.2, 0) is 11.3 Å². The maximum atomic E-state index is 13.6. The highest BCUT2D eigenvalue weighted by Gasteiger charge is 2.20. The largest absolute Gasteiger partial charge is 0.367 e. The predicted molar refractivity (Wildman–Crippen MR) is 76.5 cm³/mol. The molecule has 2 N–H and O–H groups in total. The highest BCUT2D eigenvalue weighted by Crippen LogP contribution is 2.25. The van der Waals surface area contributed by atoms with Crippen molar-refractivity contribution in [3.8, 4) is 0 Å². The van der Waals surface area contributed by atoms with Gasteiger partial charge in [0.25, 0.3) is 0 Å². The average molecular weight is 279 g/mol. The quantitative estimate of drug-likeness (QED) is 0.871. The minimum Gasteiger partial charge on any atom is -0.367 e. The fourth-order valence-corrected chi connectivity index (χ4v) is 2.60. The number of hydrogen-bond acceptors (Lipinski definition) is 3. The Morgan fingerprint density at radius 1 is 1.32 bits per heavy atom. The van der Waals surface area contributed by atoms with E-state index in [1.807, 2.05) is 23.8 Å². The van der Waals surface area contributed by atoms with Crippen LogP contribution in [-0.4, -0.2) is 6.04 Å². The predicted octanol–water partition coefficient (Wildman–Crippen LogP) is 3.88. The number of halogens is 1. The number of hydrogen-bond donors (Lipinski definition) is 1. The molecule has 1 aromatic heterocycles. The Kier molecular flexibility index (Phi) is 5.07. The van der Waals surface area contributed by atoms with Gasteiger partial charge in [-0.2, -0.15) is 11.3 Å². The second kappa shape index (κ2) is 6.80. The molecule has 2 atom stereocenters. The summed E-state index contributed by atoms with van der Waals surface area (Å²) in [5.41, 5.74) is 7.72. The smallest absolute Gasteiger partial charge is 0.128 e. The van der Waals surface area contributed by atoms with Crippen molar-refractivity contribution in [3.63, 3.8) is 0 Å². The summed E-state index contributed by atoms with van der Waals surface area (Å²) in [5, 5.41) is 4.03. The molecule has 19 heavy (non-hydrogen) atoms. The Bertz CT molecular complexity index is 501. The molecule has 0 aliphatic rings. The molecule has 0 saturated carbocycles. The molecule has 0 aliphatic heterocycles. The van der Waals surface area contributed by atoms with Crippen LogP contribution >= 0.6 is 11.3 Å². The van der Waals surface area contributed by atoms with Crippen molar-refractivity contribution in [1.82, 2.24) is 0 Å². The van der Waals surface area contributed by atoms with Gasteiger partial charge in [0, 0.05) is 11.6 Å². The first-order valence-corrected chi connectivity index (χ1v) is 7.29. The zero-order valence-corrected chi connectivity index (χ0v) is 11.7. The highest BCUT2D eigenvalue weighted by atomic mass is 32.1. The summed E-state index contributed by atoms with van der Waals surface area (Å²) in [6.45, 7) is 2.26. The van der Waals surface area contributed by atoms with Crippen molar-refractivity contribution in [1.29, 1.82) is 0 Å². The fraction of sp³-hybridized carbons (Fsp3) is 0.333. The van der Waals surface area contributed by atoms with Gasteiger partial charge in [-0.1, -0.05) is 25.1 Å². The molecule has 0 amide bonds. The van der Waals surface area contributed by atoms with Gasteiger partial charge in [-0.25, -0.2) is 4.39 Å². The summed E-state index contributed by atoms with van der Waals surface area (Å²) < 4.78 is 19.4. The Labute approximate surface area is 117 Å². The molecule has 0 radical (unpaired) electrons. The Morgan fingerprint density at radius 2 is 2.11 bits per heavy atom. The summed E-state index contributed by atoms with van der Waals surface area (Å²) in [5.74, 6) is -0.239. The summed E-state index contributed by atoms with van der Waals surface area (Å²) in [6.07, 6.45) is 0.633. The van der Waals surface area contributed by atoms with E-state index >= 15 is 0 Å². The SMILES string of the molecule is CCC(N)C(OCc1ccccc1F)c1ccsc1. The molecule has 0 saturated heterocycles. The Morgan fingerprint density at radius 3 is 2.74 bits per heavy atom. The van der Waals surface area contributed by atoms with Gasteiger partial charge in [0.2, 0.25) is 0 Å². The van der Waals surface area contributed by atoms with Crippen molar-refractivity contribution in [2.75, 3.05) is 0 Å². The standard InChI is InChI=1S/C15H18FNOS/c1-2-14(17)15(12-7-8-19-10-12)18-9-11-5-3-4-6-13(11)16/h3-8,10,14-15H,2,9,17H2,1H3. The summed E-state index contributed by atoms with van der Waals surface area (Å²) in [4.78, 5) is 0. The fourth-order valence-electron chi connectivity index (χ4n) is 1.91. The molecule has 2 rings (SSSR count). The molecule has 2 aromatic rings. The van der Waals surface area contributed by atoms with E-state index < -0.39 is 0 Å². The number of benzene rings is 1. The molecule has 0 aliphatic carbocycles. The van der Waals surface area contributed by atoms with Crippen LogP contribution in [0.2, 0.25) is 0 Å². The summed E-state index contributed by atoms with van der Waals surface area (Å²) in [6, 6.07) is 8.58. The average Bonchev–Trinajstić information content (AvgIpc) is 2.94. The third kappa shape index (κ3) is 3.62. The summed E-state index contributed by atoms with van der Waals surface area (Å²) >= 11 is 1.61. The molecule has 1 heterocycles. The van der Waals surface area contributed by atoms with Gasteiger partial charge < -0.3 is 10.5 Å². The normalized spacial score (nSPS) is 14.3. The Balaban J connectivity index is 2.07.